The highest BCUT2D eigenvalue weighted by molar-refractivity contribution is 6.23. The Morgan fingerprint density at radius 2 is 1.79 bits per heavy atom. The second kappa shape index (κ2) is 9.98. The van der Waals surface area contributed by atoms with Crippen molar-refractivity contribution in [3.8, 4) is 5.75 Å². The molecule has 0 saturated carbocycles. The van der Waals surface area contributed by atoms with Crippen LogP contribution in [0.1, 0.15) is 46.9 Å². The number of ether oxygens (including phenoxy) is 3. The molecule has 0 radical (unpaired) electrons. The number of carbonyl (C=O) groups is 4. The summed E-state index contributed by atoms with van der Waals surface area (Å²) in [6.07, 6.45) is 1.48. The molecule has 0 spiro atoms. The maximum atomic E-state index is 12.8. The zero-order valence-electron chi connectivity index (χ0n) is 18.9. The minimum absolute atomic E-state index is 0.0834. The number of likely N-dealkylation sites (tertiary alicyclic amines) is 1. The topological polar surface area (TPSA) is 114 Å². The van der Waals surface area contributed by atoms with Crippen LogP contribution in [0.15, 0.2) is 18.2 Å². The first-order chi connectivity index (χ1) is 15.8. The van der Waals surface area contributed by atoms with Gasteiger partial charge in [0.05, 0.1) is 37.1 Å². The Labute approximate surface area is 192 Å². The molecule has 178 valence electrons. The number of nitrogens with one attached hydrogen (secondary N) is 1. The first-order valence-corrected chi connectivity index (χ1v) is 11.2. The van der Waals surface area contributed by atoms with Gasteiger partial charge in [-0.05, 0) is 45.0 Å². The fraction of sp³-hybridized carbons (Fsp3) is 0.565. The third-order valence-electron chi connectivity index (χ3n) is 6.34. The molecule has 3 atom stereocenters. The Balaban J connectivity index is 1.22. The molecule has 2 saturated heterocycles. The molecule has 2 fully saturated rings. The Bertz CT molecular complexity index is 940. The third kappa shape index (κ3) is 5.07. The number of likely N-dealkylation sites (N-methyl/N-ethyl adjacent to an activating group) is 1. The van der Waals surface area contributed by atoms with Crippen LogP contribution in [-0.4, -0.2) is 91.6 Å². The Morgan fingerprint density at radius 1 is 1.03 bits per heavy atom. The van der Waals surface area contributed by atoms with E-state index < -0.39 is 29.7 Å². The largest absolute Gasteiger partial charge is 0.491 e. The van der Waals surface area contributed by atoms with Gasteiger partial charge in [0.15, 0.2) is 0 Å². The van der Waals surface area contributed by atoms with Crippen molar-refractivity contribution in [1.82, 2.24) is 15.1 Å². The van der Waals surface area contributed by atoms with E-state index in [-0.39, 0.29) is 36.7 Å². The number of hydrogen-bond acceptors (Lipinski definition) is 8. The van der Waals surface area contributed by atoms with E-state index in [1.165, 1.54) is 12.1 Å². The molecule has 0 aliphatic carbocycles. The monoisotopic (exact) mass is 459 g/mol. The van der Waals surface area contributed by atoms with Crippen molar-refractivity contribution in [1.29, 1.82) is 0 Å². The Morgan fingerprint density at radius 3 is 2.52 bits per heavy atom. The minimum atomic E-state index is -0.983. The molecular weight excluding hydrogens is 430 g/mol. The first kappa shape index (κ1) is 23.3. The van der Waals surface area contributed by atoms with Gasteiger partial charge in [-0.3, -0.25) is 29.4 Å². The number of nitrogens with zero attached hydrogens (tertiary/aromatic N) is 2. The minimum Gasteiger partial charge on any atom is -0.491 e. The summed E-state index contributed by atoms with van der Waals surface area (Å²) < 4.78 is 17.0. The smallest absolute Gasteiger partial charge is 0.262 e. The van der Waals surface area contributed by atoms with Gasteiger partial charge in [-0.1, -0.05) is 0 Å². The van der Waals surface area contributed by atoms with Crippen LogP contribution in [-0.2, 0) is 19.1 Å². The van der Waals surface area contributed by atoms with E-state index in [1.54, 1.807) is 6.07 Å². The van der Waals surface area contributed by atoms with Crippen LogP contribution in [0.3, 0.4) is 0 Å². The third-order valence-corrected chi connectivity index (χ3v) is 6.34. The number of hydrogen-bond donors (Lipinski definition) is 1. The zero-order chi connectivity index (χ0) is 23.5. The van der Waals surface area contributed by atoms with Gasteiger partial charge in [0.1, 0.15) is 18.4 Å². The van der Waals surface area contributed by atoms with Gasteiger partial charge in [-0.15, -0.1) is 0 Å². The van der Waals surface area contributed by atoms with E-state index >= 15 is 0 Å². The molecule has 0 bridgehead atoms. The molecule has 10 nitrogen and oxygen atoms in total. The molecule has 1 N–H and O–H groups in total. The molecular formula is C23H29N3O7. The molecule has 1 aromatic rings. The van der Waals surface area contributed by atoms with Crippen molar-refractivity contribution in [3.63, 3.8) is 0 Å². The number of amides is 4. The number of imide groups is 2. The second-order valence-electron chi connectivity index (χ2n) is 8.63. The van der Waals surface area contributed by atoms with Crippen molar-refractivity contribution in [2.24, 2.45) is 0 Å². The van der Waals surface area contributed by atoms with Gasteiger partial charge in [0.2, 0.25) is 11.8 Å². The summed E-state index contributed by atoms with van der Waals surface area (Å²) in [6.45, 7) is 4.75. The molecule has 10 heteroatoms. The molecule has 0 aromatic heterocycles. The second-order valence-corrected chi connectivity index (χ2v) is 8.63. The Kier molecular flexibility index (Phi) is 7.06. The molecule has 1 unspecified atom stereocenters. The van der Waals surface area contributed by atoms with Crippen LogP contribution in [0, 0.1) is 0 Å². The number of benzene rings is 1. The molecule has 3 heterocycles. The van der Waals surface area contributed by atoms with Gasteiger partial charge in [0.25, 0.3) is 11.8 Å². The predicted molar refractivity (Wildman–Crippen MR) is 116 cm³/mol. The van der Waals surface area contributed by atoms with Gasteiger partial charge in [-0.25, -0.2) is 0 Å². The molecule has 4 rings (SSSR count). The molecule has 3 aliphatic heterocycles. The molecule has 3 aliphatic rings. The molecule has 4 amide bonds. The summed E-state index contributed by atoms with van der Waals surface area (Å²) in [4.78, 5) is 52.2. The summed E-state index contributed by atoms with van der Waals surface area (Å²) in [6, 6.07) is 4.18. The van der Waals surface area contributed by atoms with E-state index in [0.717, 1.165) is 17.9 Å². The summed E-state index contributed by atoms with van der Waals surface area (Å²) >= 11 is 0. The van der Waals surface area contributed by atoms with Crippen molar-refractivity contribution < 1.29 is 33.4 Å². The Hall–Kier alpha value is -2.82. The van der Waals surface area contributed by atoms with Crippen molar-refractivity contribution >= 4 is 23.6 Å². The van der Waals surface area contributed by atoms with E-state index in [0.29, 0.717) is 31.6 Å². The number of rotatable bonds is 9. The van der Waals surface area contributed by atoms with Crippen LogP contribution in [0.5, 0.6) is 5.75 Å². The van der Waals surface area contributed by atoms with E-state index in [2.05, 4.69) is 24.2 Å². The maximum absolute atomic E-state index is 12.8. The summed E-state index contributed by atoms with van der Waals surface area (Å²) in [5.74, 6) is -1.70. The number of carbonyl (C=O) groups excluding carboxylic acids is 4. The number of fused-ring (bicyclic) bond motifs is 1. The van der Waals surface area contributed by atoms with Gasteiger partial charge in [-0.2, -0.15) is 0 Å². The highest BCUT2D eigenvalue weighted by atomic mass is 16.5. The lowest BCUT2D eigenvalue weighted by molar-refractivity contribution is -0.136. The van der Waals surface area contributed by atoms with E-state index in [4.69, 9.17) is 14.2 Å². The lowest BCUT2D eigenvalue weighted by atomic mass is 10.0. The van der Waals surface area contributed by atoms with Crippen LogP contribution in [0.2, 0.25) is 0 Å². The molecule has 1 aromatic carbocycles. The lowest BCUT2D eigenvalue weighted by Gasteiger charge is -2.27. The van der Waals surface area contributed by atoms with Crippen molar-refractivity contribution in [3.05, 3.63) is 29.3 Å². The lowest BCUT2D eigenvalue weighted by Crippen LogP contribution is -2.54. The van der Waals surface area contributed by atoms with Gasteiger partial charge < -0.3 is 19.1 Å². The van der Waals surface area contributed by atoms with Gasteiger partial charge >= 0.3 is 0 Å². The van der Waals surface area contributed by atoms with Crippen LogP contribution in [0.25, 0.3) is 0 Å². The fourth-order valence-electron chi connectivity index (χ4n) is 4.39. The fourth-order valence-corrected chi connectivity index (χ4v) is 4.39. The zero-order valence-corrected chi connectivity index (χ0v) is 18.9. The SMILES string of the molecule is C[C@@H]1C[C@@H](OCCOCCOc2ccc3c(c2)C(=O)N(C2CCC(=O)NC2=O)C3=O)CN1C. The van der Waals surface area contributed by atoms with E-state index in [1.807, 2.05) is 0 Å². The van der Waals surface area contributed by atoms with Crippen LogP contribution >= 0.6 is 0 Å². The van der Waals surface area contributed by atoms with Crippen molar-refractivity contribution in [2.45, 2.75) is 44.4 Å². The summed E-state index contributed by atoms with van der Waals surface area (Å²) in [5.41, 5.74) is 0.407. The number of piperidine rings is 1. The normalized spacial score (nSPS) is 25.5. The highest BCUT2D eigenvalue weighted by Gasteiger charge is 2.44. The highest BCUT2D eigenvalue weighted by Crippen LogP contribution is 2.30. The predicted octanol–water partition coefficient (Wildman–Crippen LogP) is 0.592. The maximum Gasteiger partial charge on any atom is 0.262 e. The van der Waals surface area contributed by atoms with Crippen molar-refractivity contribution in [2.75, 3.05) is 40.0 Å². The molecule has 33 heavy (non-hydrogen) atoms. The summed E-state index contributed by atoms with van der Waals surface area (Å²) in [7, 11) is 2.09. The van der Waals surface area contributed by atoms with Gasteiger partial charge in [0, 0.05) is 19.0 Å². The average Bonchev–Trinajstić information content (AvgIpc) is 3.23. The van der Waals surface area contributed by atoms with Crippen LogP contribution in [0.4, 0.5) is 0 Å². The van der Waals surface area contributed by atoms with Crippen LogP contribution < -0.4 is 10.1 Å². The summed E-state index contributed by atoms with van der Waals surface area (Å²) in [5, 5.41) is 2.18. The average molecular weight is 459 g/mol. The van der Waals surface area contributed by atoms with E-state index in [9.17, 15) is 19.2 Å². The standard InChI is InChI=1S/C23H29N3O7/c1-14-11-16(13-25(14)2)33-10-8-31-7-9-32-15-3-4-17-18(12-15)23(30)26(22(17)29)19-5-6-20(27)24-21(19)28/h3-4,12,14,16,19H,5-11,13H2,1-2H3,(H,24,27,28)/t14-,16-,19?/m1/s1. The quantitative estimate of drug-likeness (QED) is 0.422. The first-order valence-electron chi connectivity index (χ1n) is 11.2.